The number of imide groups is 1. The van der Waals surface area contributed by atoms with Crippen molar-refractivity contribution in [3.8, 4) is 0 Å². The number of nitrogens with zero attached hydrogens (tertiary/aromatic N) is 1. The number of rotatable bonds is 3. The van der Waals surface area contributed by atoms with Gasteiger partial charge in [-0.3, -0.25) is 19.3 Å². The second kappa shape index (κ2) is 6.53. The Morgan fingerprint density at radius 2 is 1.47 bits per heavy atom. The monoisotopic (exact) mass is 404 g/mol. The summed E-state index contributed by atoms with van der Waals surface area (Å²) in [7, 11) is 0. The molecule has 1 N–H and O–H groups in total. The highest BCUT2D eigenvalue weighted by atomic mass is 16.2. The quantitative estimate of drug-likeness (QED) is 0.619. The van der Waals surface area contributed by atoms with Gasteiger partial charge in [0.05, 0.1) is 11.8 Å². The lowest BCUT2D eigenvalue weighted by Gasteiger charge is -2.37. The van der Waals surface area contributed by atoms with E-state index in [9.17, 15) is 14.4 Å². The van der Waals surface area contributed by atoms with Crippen molar-refractivity contribution in [3.05, 3.63) is 42.0 Å². The first-order valence-electron chi connectivity index (χ1n) is 11.5. The molecule has 1 aliphatic heterocycles. The van der Waals surface area contributed by atoms with E-state index in [-0.39, 0.29) is 53.4 Å². The van der Waals surface area contributed by atoms with E-state index in [4.69, 9.17) is 0 Å². The molecule has 0 spiro atoms. The van der Waals surface area contributed by atoms with Crippen molar-refractivity contribution in [1.82, 2.24) is 4.90 Å². The number of benzene rings is 1. The predicted molar refractivity (Wildman–Crippen MR) is 112 cm³/mol. The van der Waals surface area contributed by atoms with E-state index in [1.807, 2.05) is 31.2 Å². The van der Waals surface area contributed by atoms with Crippen LogP contribution < -0.4 is 5.32 Å². The summed E-state index contributed by atoms with van der Waals surface area (Å²) >= 11 is 0. The van der Waals surface area contributed by atoms with Crippen LogP contribution in [-0.4, -0.2) is 28.7 Å². The molecule has 1 saturated heterocycles. The Morgan fingerprint density at radius 1 is 0.900 bits per heavy atom. The van der Waals surface area contributed by atoms with Crippen molar-refractivity contribution in [2.45, 2.75) is 45.1 Å². The normalized spacial score (nSPS) is 40.9. The summed E-state index contributed by atoms with van der Waals surface area (Å²) in [6.07, 6.45) is 8.56. The smallest absolute Gasteiger partial charge is 0.233 e. The first kappa shape index (κ1) is 18.3. The topological polar surface area (TPSA) is 66.5 Å². The van der Waals surface area contributed by atoms with Crippen LogP contribution in [0.4, 0.5) is 5.69 Å². The minimum atomic E-state index is -0.112. The number of anilines is 1. The molecule has 6 aliphatic rings. The fourth-order valence-electron chi connectivity index (χ4n) is 6.82. The van der Waals surface area contributed by atoms with E-state index in [0.29, 0.717) is 11.8 Å². The van der Waals surface area contributed by atoms with Crippen molar-refractivity contribution in [1.29, 1.82) is 0 Å². The van der Waals surface area contributed by atoms with Gasteiger partial charge in [0.1, 0.15) is 0 Å². The highest BCUT2D eigenvalue weighted by molar-refractivity contribution is 6.06. The highest BCUT2D eigenvalue weighted by Crippen LogP contribution is 2.65. The Kier molecular flexibility index (Phi) is 4.00. The number of amides is 3. The van der Waals surface area contributed by atoms with Gasteiger partial charge in [0.15, 0.2) is 0 Å². The summed E-state index contributed by atoms with van der Waals surface area (Å²) in [6, 6.07) is 7.80. The van der Waals surface area contributed by atoms with E-state index in [2.05, 4.69) is 17.5 Å². The second-order valence-corrected chi connectivity index (χ2v) is 10.1. The number of allylic oxidation sites excluding steroid dienone is 2. The molecule has 5 nitrogen and oxygen atoms in total. The molecule has 5 heteroatoms. The Labute approximate surface area is 176 Å². The molecule has 0 unspecified atom stereocenters. The van der Waals surface area contributed by atoms with Crippen molar-refractivity contribution in [2.24, 2.45) is 41.4 Å². The summed E-state index contributed by atoms with van der Waals surface area (Å²) in [5.74, 6) is 1.75. The first-order chi connectivity index (χ1) is 14.5. The lowest BCUT2D eigenvalue weighted by Crippen LogP contribution is -2.44. The number of carbonyl (C=O) groups is 3. The van der Waals surface area contributed by atoms with Gasteiger partial charge < -0.3 is 5.32 Å². The minimum Gasteiger partial charge on any atom is -0.326 e. The van der Waals surface area contributed by atoms with Gasteiger partial charge in [-0.2, -0.15) is 0 Å². The Bertz CT molecular complexity index is 908. The molecule has 2 bridgehead atoms. The Morgan fingerprint density at radius 3 is 2.03 bits per heavy atom. The average Bonchev–Trinajstić information content (AvgIpc) is 3.53. The number of aryl methyl sites for hydroxylation is 1. The molecule has 5 aliphatic carbocycles. The molecule has 0 aromatic heterocycles. The van der Waals surface area contributed by atoms with Gasteiger partial charge in [0.2, 0.25) is 17.7 Å². The maximum Gasteiger partial charge on any atom is 0.233 e. The minimum absolute atomic E-state index is 0.0326. The van der Waals surface area contributed by atoms with Crippen LogP contribution >= 0.6 is 0 Å². The van der Waals surface area contributed by atoms with Gasteiger partial charge >= 0.3 is 0 Å². The van der Waals surface area contributed by atoms with Crippen molar-refractivity contribution >= 4 is 23.4 Å². The van der Waals surface area contributed by atoms with Crippen LogP contribution in [0, 0.1) is 48.3 Å². The average molecular weight is 405 g/mol. The van der Waals surface area contributed by atoms with Gasteiger partial charge in [-0.1, -0.05) is 29.8 Å². The van der Waals surface area contributed by atoms with E-state index in [0.717, 1.165) is 36.9 Å². The highest BCUT2D eigenvalue weighted by Gasteiger charge is 2.67. The van der Waals surface area contributed by atoms with Gasteiger partial charge in [-0.05, 0) is 74.8 Å². The SMILES string of the molecule is Cc1ccc(NC(=O)C2CCC(N3C(=O)[C@@H]4[C@H]5C=C[C@@H]([C@@H]6C[C@@H]56)[C@H]4C3=O)CC2)cc1. The van der Waals surface area contributed by atoms with Crippen LogP contribution in [0.25, 0.3) is 0 Å². The van der Waals surface area contributed by atoms with Gasteiger partial charge in [-0.25, -0.2) is 0 Å². The van der Waals surface area contributed by atoms with Gasteiger partial charge in [0.25, 0.3) is 0 Å². The molecule has 6 atom stereocenters. The van der Waals surface area contributed by atoms with Crippen LogP contribution in [0.2, 0.25) is 0 Å². The van der Waals surface area contributed by atoms with Crippen molar-refractivity contribution < 1.29 is 14.4 Å². The fraction of sp³-hybridized carbons (Fsp3) is 0.560. The second-order valence-electron chi connectivity index (χ2n) is 10.1. The molecular weight excluding hydrogens is 376 g/mol. The molecule has 1 heterocycles. The van der Waals surface area contributed by atoms with Gasteiger partial charge in [0, 0.05) is 17.6 Å². The van der Waals surface area contributed by atoms with E-state index in [1.54, 1.807) is 4.90 Å². The molecule has 0 radical (unpaired) electrons. The molecule has 1 aromatic rings. The fourth-order valence-corrected chi connectivity index (χ4v) is 6.82. The third-order valence-corrected chi connectivity index (χ3v) is 8.45. The van der Waals surface area contributed by atoms with Crippen LogP contribution in [0.1, 0.15) is 37.7 Å². The molecule has 156 valence electrons. The van der Waals surface area contributed by atoms with Crippen molar-refractivity contribution in [3.63, 3.8) is 0 Å². The van der Waals surface area contributed by atoms with Gasteiger partial charge in [-0.15, -0.1) is 0 Å². The van der Waals surface area contributed by atoms with E-state index < -0.39 is 0 Å². The standard InChI is InChI=1S/C25H28N2O3/c1-13-2-6-15(7-3-13)26-23(28)14-4-8-16(9-5-14)27-24(29)21-17-10-11-18(20-12-19(17)20)22(21)25(27)30/h2-3,6-7,10-11,14,16-22H,4-5,8-9,12H2,1H3,(H,26,28)/t14?,16?,17-,18-,19-,20-,21+,22+/m0/s1. The summed E-state index contributed by atoms with van der Waals surface area (Å²) in [6.45, 7) is 2.02. The summed E-state index contributed by atoms with van der Waals surface area (Å²) < 4.78 is 0. The molecule has 1 aromatic carbocycles. The number of nitrogens with one attached hydrogen (secondary N) is 1. The molecule has 4 fully saturated rings. The maximum absolute atomic E-state index is 13.3. The van der Waals surface area contributed by atoms with Crippen LogP contribution in [0.15, 0.2) is 36.4 Å². The maximum atomic E-state index is 13.3. The zero-order valence-electron chi connectivity index (χ0n) is 17.3. The molecule has 30 heavy (non-hydrogen) atoms. The van der Waals surface area contributed by atoms with Crippen LogP contribution in [0.5, 0.6) is 0 Å². The van der Waals surface area contributed by atoms with E-state index in [1.165, 1.54) is 6.42 Å². The molecule has 3 saturated carbocycles. The van der Waals surface area contributed by atoms with E-state index >= 15 is 0 Å². The zero-order valence-corrected chi connectivity index (χ0v) is 17.3. The number of likely N-dealkylation sites (tertiary alicyclic amines) is 1. The zero-order chi connectivity index (χ0) is 20.6. The third-order valence-electron chi connectivity index (χ3n) is 8.45. The Balaban J connectivity index is 1.11. The van der Waals surface area contributed by atoms with Crippen LogP contribution in [0.3, 0.4) is 0 Å². The third kappa shape index (κ3) is 2.63. The summed E-state index contributed by atoms with van der Waals surface area (Å²) in [4.78, 5) is 40.9. The van der Waals surface area contributed by atoms with Crippen LogP contribution in [-0.2, 0) is 14.4 Å². The lowest BCUT2D eigenvalue weighted by molar-refractivity contribution is -0.144. The molecule has 7 rings (SSSR count). The number of carbonyl (C=O) groups excluding carboxylic acids is 3. The Hall–Kier alpha value is -2.43. The predicted octanol–water partition coefficient (Wildman–Crippen LogP) is 3.55. The molecule has 3 amide bonds. The summed E-state index contributed by atoms with van der Waals surface area (Å²) in [5.41, 5.74) is 1.98. The molecular formula is C25H28N2O3. The lowest BCUT2D eigenvalue weighted by atomic mass is 9.63. The first-order valence-corrected chi connectivity index (χ1v) is 11.5. The summed E-state index contributed by atoms with van der Waals surface area (Å²) in [5, 5.41) is 3.02. The largest absolute Gasteiger partial charge is 0.326 e. The number of hydrogen-bond donors (Lipinski definition) is 1. The van der Waals surface area contributed by atoms with Crippen molar-refractivity contribution in [2.75, 3.05) is 5.32 Å². The number of hydrogen-bond acceptors (Lipinski definition) is 3.